The molecular weight excluding hydrogens is 518 g/mol. The number of rotatable bonds is 8. The van der Waals surface area contributed by atoms with E-state index in [2.05, 4.69) is 15.4 Å². The highest BCUT2D eigenvalue weighted by Crippen LogP contribution is 2.36. The molecule has 2 aromatic carbocycles. The lowest BCUT2D eigenvalue weighted by atomic mass is 9.73. The SMILES string of the molecule is [B]C([B])(O)NC(=O)c1ccc2nccc(Oc3ccc(CC(=O)Nc4cnn(C(C)(C)C)c4)cc3C(F)F)c2c1. The Balaban J connectivity index is 1.56. The number of aliphatic hydroxyl groups is 1. The highest BCUT2D eigenvalue weighted by Gasteiger charge is 2.20. The fourth-order valence-electron chi connectivity index (χ4n) is 3.84. The number of hydrogen-bond donors (Lipinski definition) is 3. The van der Waals surface area contributed by atoms with E-state index < -0.39 is 29.3 Å². The smallest absolute Gasteiger partial charge is 0.267 e. The number of benzene rings is 2. The molecule has 2 amide bonds. The van der Waals surface area contributed by atoms with Crippen molar-refractivity contribution in [1.29, 1.82) is 0 Å². The van der Waals surface area contributed by atoms with E-state index in [0.717, 1.165) is 0 Å². The van der Waals surface area contributed by atoms with Gasteiger partial charge in [-0.1, -0.05) is 6.07 Å². The lowest BCUT2D eigenvalue weighted by molar-refractivity contribution is -0.115. The quantitative estimate of drug-likeness (QED) is 0.230. The number of carbonyl (C=O) groups is 2. The van der Waals surface area contributed by atoms with E-state index >= 15 is 0 Å². The van der Waals surface area contributed by atoms with Gasteiger partial charge in [0, 0.05) is 28.9 Å². The van der Waals surface area contributed by atoms with Gasteiger partial charge in [-0.2, -0.15) is 5.10 Å². The normalized spacial score (nSPS) is 12.0. The third-order valence-corrected chi connectivity index (χ3v) is 5.73. The van der Waals surface area contributed by atoms with Crippen LogP contribution < -0.4 is 15.4 Å². The number of pyridine rings is 1. The van der Waals surface area contributed by atoms with Crippen LogP contribution in [-0.4, -0.2) is 52.9 Å². The second-order valence-corrected chi connectivity index (χ2v) is 10.2. The summed E-state index contributed by atoms with van der Waals surface area (Å²) in [5.41, 5.74) is -1.76. The zero-order chi connectivity index (χ0) is 29.2. The Morgan fingerprint density at radius 1 is 1.10 bits per heavy atom. The summed E-state index contributed by atoms with van der Waals surface area (Å²) in [6, 6.07) is 9.90. The van der Waals surface area contributed by atoms with Gasteiger partial charge in [0.1, 0.15) is 27.2 Å². The van der Waals surface area contributed by atoms with Gasteiger partial charge in [-0.15, -0.1) is 0 Å². The van der Waals surface area contributed by atoms with Gasteiger partial charge in [-0.05, 0) is 62.7 Å². The second kappa shape index (κ2) is 11.1. The molecular formula is C27H25B2F2N5O4. The molecule has 0 bridgehead atoms. The molecule has 0 aliphatic rings. The third kappa shape index (κ3) is 7.03. The molecule has 0 saturated heterocycles. The second-order valence-electron chi connectivity index (χ2n) is 10.2. The van der Waals surface area contributed by atoms with E-state index in [1.54, 1.807) is 10.9 Å². The fraction of sp³-hybridized carbons (Fsp3) is 0.259. The molecule has 9 nitrogen and oxygen atoms in total. The van der Waals surface area contributed by atoms with Crippen LogP contribution in [0.25, 0.3) is 10.9 Å². The van der Waals surface area contributed by atoms with Crippen LogP contribution in [0.2, 0.25) is 0 Å². The van der Waals surface area contributed by atoms with Crippen molar-refractivity contribution in [2.45, 2.75) is 44.7 Å². The fourth-order valence-corrected chi connectivity index (χ4v) is 3.84. The number of ether oxygens (including phenoxy) is 1. The van der Waals surface area contributed by atoms with Crippen molar-refractivity contribution < 1.29 is 28.2 Å². The molecule has 2 aromatic heterocycles. The number of aromatic nitrogens is 3. The van der Waals surface area contributed by atoms with Crippen molar-refractivity contribution in [3.63, 3.8) is 0 Å². The zero-order valence-electron chi connectivity index (χ0n) is 22.0. The van der Waals surface area contributed by atoms with Crippen molar-refractivity contribution in [3.8, 4) is 11.5 Å². The number of nitrogens with one attached hydrogen (secondary N) is 2. The Hall–Kier alpha value is -4.25. The maximum Gasteiger partial charge on any atom is 0.267 e. The van der Waals surface area contributed by atoms with E-state index in [1.165, 1.54) is 54.9 Å². The largest absolute Gasteiger partial charge is 0.456 e. The standard InChI is InChI=1S/C27H25B2F2N5O4/c1-26(2,3)36-14-17(13-33-36)34-23(37)11-15-4-7-21(19(10-15)24(30)31)40-22-8-9-32-20-6-5-16(12-18(20)22)25(38)35-27(28,29)39/h4-10,12-14,24,39H,11H2,1-3H3,(H,34,37)(H,35,38). The monoisotopic (exact) mass is 543 g/mol. The van der Waals surface area contributed by atoms with Crippen LogP contribution in [-0.2, 0) is 16.8 Å². The summed E-state index contributed by atoms with van der Waals surface area (Å²) in [6.07, 6.45) is 1.60. The Kier molecular flexibility index (Phi) is 7.97. The summed E-state index contributed by atoms with van der Waals surface area (Å²) >= 11 is 0. The van der Waals surface area contributed by atoms with Crippen molar-refractivity contribution in [1.82, 2.24) is 20.1 Å². The first-order chi connectivity index (χ1) is 18.7. The van der Waals surface area contributed by atoms with Gasteiger partial charge in [0.2, 0.25) is 5.91 Å². The molecule has 4 aromatic rings. The minimum Gasteiger partial charge on any atom is -0.456 e. The summed E-state index contributed by atoms with van der Waals surface area (Å²) < 4.78 is 35.6. The third-order valence-electron chi connectivity index (χ3n) is 5.73. The Labute approximate surface area is 231 Å². The molecule has 4 rings (SSSR count). The van der Waals surface area contributed by atoms with Crippen LogP contribution in [0.15, 0.2) is 61.1 Å². The molecule has 0 saturated carbocycles. The van der Waals surface area contributed by atoms with Crippen molar-refractivity contribution in [3.05, 3.63) is 77.7 Å². The maximum atomic E-state index is 14.0. The van der Waals surface area contributed by atoms with Crippen LogP contribution in [0.5, 0.6) is 11.5 Å². The first kappa shape index (κ1) is 28.8. The number of nitrogens with zero attached hydrogens (tertiary/aromatic N) is 3. The Morgan fingerprint density at radius 3 is 2.50 bits per heavy atom. The highest BCUT2D eigenvalue weighted by atomic mass is 19.3. The average molecular weight is 543 g/mol. The van der Waals surface area contributed by atoms with Gasteiger partial charge in [0.05, 0.1) is 34.9 Å². The molecule has 0 unspecified atom stereocenters. The predicted molar refractivity (Wildman–Crippen MR) is 147 cm³/mol. The zero-order valence-corrected chi connectivity index (χ0v) is 22.0. The van der Waals surface area contributed by atoms with Crippen LogP contribution in [0.3, 0.4) is 0 Å². The lowest BCUT2D eigenvalue weighted by Gasteiger charge is -2.20. The molecule has 0 spiro atoms. The number of anilines is 1. The lowest BCUT2D eigenvalue weighted by Crippen LogP contribution is -2.49. The Bertz CT molecular complexity index is 1560. The van der Waals surface area contributed by atoms with E-state index in [1.807, 2.05) is 26.1 Å². The van der Waals surface area contributed by atoms with Gasteiger partial charge in [-0.3, -0.25) is 19.3 Å². The molecule has 40 heavy (non-hydrogen) atoms. The summed E-state index contributed by atoms with van der Waals surface area (Å²) in [6.45, 7) is 5.90. The van der Waals surface area contributed by atoms with Crippen molar-refractivity contribution in [2.75, 3.05) is 5.32 Å². The summed E-state index contributed by atoms with van der Waals surface area (Å²) in [7, 11) is 10.5. The predicted octanol–water partition coefficient (Wildman–Crippen LogP) is 3.77. The molecule has 0 aliphatic carbocycles. The average Bonchev–Trinajstić information content (AvgIpc) is 3.32. The molecule has 13 heteroatoms. The number of fused-ring (bicyclic) bond motifs is 1. The topological polar surface area (TPSA) is 118 Å². The van der Waals surface area contributed by atoms with Gasteiger partial charge < -0.3 is 20.5 Å². The molecule has 2 heterocycles. The number of carbonyl (C=O) groups excluding carboxylic acids is 2. The van der Waals surface area contributed by atoms with Gasteiger partial charge in [0.25, 0.3) is 12.3 Å². The van der Waals surface area contributed by atoms with Crippen molar-refractivity contribution in [2.24, 2.45) is 0 Å². The van der Waals surface area contributed by atoms with Crippen LogP contribution in [0.1, 0.15) is 48.7 Å². The Morgan fingerprint density at radius 2 is 1.85 bits per heavy atom. The van der Waals surface area contributed by atoms with E-state index in [-0.39, 0.29) is 29.0 Å². The first-order valence-electron chi connectivity index (χ1n) is 12.1. The number of hydrogen-bond acceptors (Lipinski definition) is 6. The molecule has 0 atom stereocenters. The molecule has 3 N–H and O–H groups in total. The minimum absolute atomic E-state index is 0.0724. The summed E-state index contributed by atoms with van der Waals surface area (Å²) in [5.74, 6) is -1.15. The maximum absolute atomic E-state index is 14.0. The van der Waals surface area contributed by atoms with E-state index in [4.69, 9.17) is 20.4 Å². The van der Waals surface area contributed by atoms with Crippen LogP contribution in [0, 0.1) is 0 Å². The van der Waals surface area contributed by atoms with E-state index in [9.17, 15) is 23.5 Å². The molecule has 4 radical (unpaired) electrons. The minimum atomic E-state index is -2.90. The molecule has 202 valence electrons. The van der Waals surface area contributed by atoms with Crippen molar-refractivity contribution >= 4 is 44.1 Å². The van der Waals surface area contributed by atoms with Gasteiger partial charge >= 0.3 is 0 Å². The number of halogens is 2. The highest BCUT2D eigenvalue weighted by molar-refractivity contribution is 6.39. The number of alkyl halides is 2. The van der Waals surface area contributed by atoms with Gasteiger partial charge in [-0.25, -0.2) is 8.78 Å². The summed E-state index contributed by atoms with van der Waals surface area (Å²) in [4.78, 5) is 29.2. The molecule has 0 aliphatic heterocycles. The van der Waals surface area contributed by atoms with Gasteiger partial charge in [0.15, 0.2) is 0 Å². The van der Waals surface area contributed by atoms with Crippen LogP contribution in [0.4, 0.5) is 14.5 Å². The van der Waals surface area contributed by atoms with E-state index in [0.29, 0.717) is 22.2 Å². The summed E-state index contributed by atoms with van der Waals surface area (Å²) in [5, 5.41) is 18.8. The number of amides is 2. The van der Waals surface area contributed by atoms with Crippen LogP contribution >= 0.6 is 0 Å². The molecule has 0 fully saturated rings. The first-order valence-corrected chi connectivity index (χ1v) is 12.1.